The molecule has 0 radical (unpaired) electrons. The van der Waals surface area contributed by atoms with Crippen LogP contribution in [0.15, 0.2) is 54.1 Å². The molecule has 3 aliphatic rings. The Hall–Kier alpha value is -4.30. The number of alkyl carbamates (subject to hydrolysis) is 1. The first kappa shape index (κ1) is 37.0. The minimum absolute atomic E-state index is 0.0338. The van der Waals surface area contributed by atoms with Crippen LogP contribution in [0.5, 0.6) is 5.75 Å². The fraction of sp³-hybridized carbons (Fsp3) is 0.472. The molecule has 2 saturated heterocycles. The summed E-state index contributed by atoms with van der Waals surface area (Å²) in [5.41, 5.74) is 6.77. The van der Waals surface area contributed by atoms with Gasteiger partial charge in [-0.05, 0) is 62.6 Å². The van der Waals surface area contributed by atoms with E-state index in [9.17, 15) is 19.5 Å². The first-order chi connectivity index (χ1) is 23.6. The second-order valence-corrected chi connectivity index (χ2v) is 13.8. The van der Waals surface area contributed by atoms with E-state index in [-0.39, 0.29) is 17.9 Å². The summed E-state index contributed by atoms with van der Waals surface area (Å²) in [7, 11) is 4.52. The summed E-state index contributed by atoms with van der Waals surface area (Å²) in [6, 6.07) is 8.69. The lowest BCUT2D eigenvalue weighted by molar-refractivity contribution is -0.142. The molecule has 2 fully saturated rings. The number of nitrogens with zero attached hydrogens (tertiary/aromatic N) is 1. The van der Waals surface area contributed by atoms with Gasteiger partial charge in [0.05, 0.1) is 25.3 Å². The van der Waals surface area contributed by atoms with Crippen molar-refractivity contribution in [2.24, 2.45) is 5.92 Å². The van der Waals surface area contributed by atoms with Crippen LogP contribution in [0.1, 0.15) is 44.7 Å². The number of halogens is 1. The Kier molecular flexibility index (Phi) is 10.7. The summed E-state index contributed by atoms with van der Waals surface area (Å²) in [5.74, 6) is -0.531. The maximum atomic E-state index is 14.0. The fourth-order valence-electron chi connectivity index (χ4n) is 6.65. The van der Waals surface area contributed by atoms with Crippen LogP contribution in [0, 0.1) is 12.8 Å². The van der Waals surface area contributed by atoms with Gasteiger partial charge in [-0.1, -0.05) is 48.4 Å². The van der Waals surface area contributed by atoms with Gasteiger partial charge in [-0.3, -0.25) is 15.4 Å². The first-order valence-electron chi connectivity index (χ1n) is 16.3. The maximum Gasteiger partial charge on any atom is 0.412 e. The minimum atomic E-state index is -1.81. The zero-order valence-corrected chi connectivity index (χ0v) is 30.0. The van der Waals surface area contributed by atoms with Crippen LogP contribution < -0.4 is 26.0 Å². The van der Waals surface area contributed by atoms with E-state index >= 15 is 0 Å². The number of benzene rings is 2. The lowest BCUT2D eigenvalue weighted by Gasteiger charge is -2.42. The molecular formula is C36H45ClN4O9. The molecule has 0 unspecified atom stereocenters. The maximum absolute atomic E-state index is 14.0. The topological polar surface area (TPSA) is 174 Å². The number of ether oxygens (including phenoxy) is 5. The number of nitrogens with one attached hydrogen (secondary N) is 2. The van der Waals surface area contributed by atoms with E-state index in [4.69, 9.17) is 41.0 Å². The number of amides is 3. The fourth-order valence-corrected chi connectivity index (χ4v) is 6.96. The molecule has 4 bridgehead atoms. The van der Waals surface area contributed by atoms with Crippen LogP contribution in [0.3, 0.4) is 0 Å². The molecule has 2 aromatic rings. The lowest BCUT2D eigenvalue weighted by atomic mass is 9.83. The van der Waals surface area contributed by atoms with Gasteiger partial charge in [-0.2, -0.15) is 0 Å². The molecule has 270 valence electrons. The molecule has 50 heavy (non-hydrogen) atoms. The molecule has 13 nitrogen and oxygen atoms in total. The van der Waals surface area contributed by atoms with Crippen molar-refractivity contribution in [1.82, 2.24) is 5.32 Å². The summed E-state index contributed by atoms with van der Waals surface area (Å²) in [6.07, 6.45) is 0.307. The third-order valence-corrected chi connectivity index (χ3v) is 10.1. The Morgan fingerprint density at radius 3 is 2.64 bits per heavy atom. The number of epoxide rings is 1. The molecule has 0 saturated carbocycles. The van der Waals surface area contributed by atoms with Gasteiger partial charge in [0.15, 0.2) is 5.72 Å². The highest BCUT2D eigenvalue weighted by atomic mass is 35.5. The van der Waals surface area contributed by atoms with E-state index in [0.29, 0.717) is 29.2 Å². The number of allylic oxidation sites excluding steroid dienone is 3. The van der Waals surface area contributed by atoms with E-state index in [1.807, 2.05) is 26.8 Å². The number of fused-ring (bicyclic) bond motifs is 5. The van der Waals surface area contributed by atoms with Gasteiger partial charge in [0.2, 0.25) is 5.91 Å². The number of aliphatic hydroxyl groups is 1. The highest BCUT2D eigenvalue weighted by molar-refractivity contribution is 6.35. The van der Waals surface area contributed by atoms with Crippen LogP contribution in [-0.4, -0.2) is 80.2 Å². The van der Waals surface area contributed by atoms with Crippen molar-refractivity contribution in [1.29, 1.82) is 0 Å². The van der Waals surface area contributed by atoms with Crippen molar-refractivity contribution in [3.05, 3.63) is 70.3 Å². The number of nitrogens with two attached hydrogens (primary N) is 1. The predicted octanol–water partition coefficient (Wildman–Crippen LogP) is 5.26. The van der Waals surface area contributed by atoms with Crippen LogP contribution in [0.2, 0.25) is 5.02 Å². The van der Waals surface area contributed by atoms with Gasteiger partial charge in [-0.15, -0.1) is 0 Å². The summed E-state index contributed by atoms with van der Waals surface area (Å²) in [4.78, 5) is 41.6. The van der Waals surface area contributed by atoms with Gasteiger partial charge >= 0.3 is 12.2 Å². The van der Waals surface area contributed by atoms with E-state index in [1.165, 1.54) is 19.1 Å². The van der Waals surface area contributed by atoms with Gasteiger partial charge < -0.3 is 39.4 Å². The van der Waals surface area contributed by atoms with E-state index in [1.54, 1.807) is 56.5 Å². The molecule has 14 heteroatoms. The molecule has 0 aromatic heterocycles. The quantitative estimate of drug-likeness (QED) is 0.242. The zero-order valence-electron chi connectivity index (χ0n) is 29.2. The summed E-state index contributed by atoms with van der Waals surface area (Å²) >= 11 is 6.74. The number of carbonyl (C=O) groups excluding carboxylic acids is 3. The number of anilines is 3. The summed E-state index contributed by atoms with van der Waals surface area (Å²) in [5, 5.41) is 17.2. The SMILES string of the molecule is COc1cc2cc(c1Cl)N(C)C(=O)C[C@H](OC(=O)Nc1cc(N)ccc1C)[C@]1(C)O[C@H]1[C@H](C)[C@@H]1C[C@@](O)(NC(=O)O1)[C@H](OC)/C=C/C=C(\C)C2. The van der Waals surface area contributed by atoms with E-state index in [2.05, 4.69) is 10.6 Å². The molecule has 5 N–H and O–H groups in total. The molecule has 2 aromatic carbocycles. The standard InChI is InChI=1S/C36H45ClN4O9/c1-19-9-8-10-28(47-7)36(45)18-27(48-34(44)40-36)21(3)32-35(4,50-32)29(49-33(43)39-24-16-23(38)12-11-20(24)2)17-30(42)41(5)25-14-22(13-19)15-26(46-6)31(25)37/h8-12,14-16,21,27-29,32,45H,13,17-18,38H2,1-7H3,(H,39,43)(H,40,44)/b10-8+,19-9+/t21-,27+,28-,29+,32+,35+,36+/m1/s1. The number of aryl methyl sites for hydroxylation is 1. The number of methoxy groups -OCH3 is 2. The molecule has 0 spiro atoms. The van der Waals surface area contributed by atoms with Gasteiger partial charge in [-0.25, -0.2) is 9.59 Å². The number of rotatable bonds is 4. The Morgan fingerprint density at radius 1 is 1.20 bits per heavy atom. The third-order valence-electron chi connectivity index (χ3n) is 9.70. The van der Waals surface area contributed by atoms with Crippen LogP contribution in [0.4, 0.5) is 26.7 Å². The smallest absolute Gasteiger partial charge is 0.412 e. The zero-order chi connectivity index (χ0) is 36.5. The van der Waals surface area contributed by atoms with Crippen molar-refractivity contribution < 1.29 is 43.2 Å². The van der Waals surface area contributed by atoms with Crippen LogP contribution in [0.25, 0.3) is 0 Å². The molecule has 3 amide bonds. The largest absolute Gasteiger partial charge is 0.495 e. The highest BCUT2D eigenvalue weighted by Crippen LogP contribution is 2.49. The second kappa shape index (κ2) is 14.5. The summed E-state index contributed by atoms with van der Waals surface area (Å²) < 4.78 is 29.0. The number of nitrogen functional groups attached to an aromatic ring is 1. The Balaban J connectivity index is 1.55. The van der Waals surface area contributed by atoms with E-state index < -0.39 is 59.8 Å². The van der Waals surface area contributed by atoms with Crippen molar-refractivity contribution in [3.63, 3.8) is 0 Å². The van der Waals surface area contributed by atoms with Gasteiger partial charge in [0, 0.05) is 37.9 Å². The minimum Gasteiger partial charge on any atom is -0.495 e. The lowest BCUT2D eigenvalue weighted by Crippen LogP contribution is -2.63. The van der Waals surface area contributed by atoms with E-state index in [0.717, 1.165) is 16.7 Å². The molecule has 3 heterocycles. The molecule has 5 rings (SSSR count). The molecule has 0 aliphatic carbocycles. The Morgan fingerprint density at radius 2 is 1.94 bits per heavy atom. The average molecular weight is 713 g/mol. The highest BCUT2D eigenvalue weighted by Gasteiger charge is 2.64. The van der Waals surface area contributed by atoms with Crippen molar-refractivity contribution in [2.45, 2.75) is 82.7 Å². The monoisotopic (exact) mass is 712 g/mol. The van der Waals surface area contributed by atoms with Gasteiger partial charge in [0.25, 0.3) is 0 Å². The number of hydrogen-bond donors (Lipinski definition) is 4. The number of hydrogen-bond acceptors (Lipinski definition) is 10. The van der Waals surface area contributed by atoms with Gasteiger partial charge in [0.1, 0.15) is 34.7 Å². The van der Waals surface area contributed by atoms with Crippen molar-refractivity contribution in [2.75, 3.05) is 37.2 Å². The van der Waals surface area contributed by atoms with Crippen LogP contribution in [-0.2, 0) is 30.2 Å². The second-order valence-electron chi connectivity index (χ2n) is 13.4. The van der Waals surface area contributed by atoms with Crippen molar-refractivity contribution >= 4 is 46.8 Å². The Labute approximate surface area is 296 Å². The molecular weight excluding hydrogens is 668 g/mol. The molecule has 3 aliphatic heterocycles. The number of carbonyl (C=O) groups is 3. The average Bonchev–Trinajstić information content (AvgIpc) is 3.75. The summed E-state index contributed by atoms with van der Waals surface area (Å²) in [6.45, 7) is 7.28. The van der Waals surface area contributed by atoms with Crippen LogP contribution >= 0.6 is 11.6 Å². The molecule has 7 atom stereocenters. The third kappa shape index (κ3) is 7.70. The Bertz CT molecular complexity index is 1720. The first-order valence-corrected chi connectivity index (χ1v) is 16.7. The predicted molar refractivity (Wildman–Crippen MR) is 188 cm³/mol. The van der Waals surface area contributed by atoms with Crippen molar-refractivity contribution in [3.8, 4) is 5.75 Å². The normalized spacial score (nSPS) is 31.7.